The standard InChI is InChI=1S/C19H24N2O/c1-3-15-10-11-17(13-16(15)4-2)21-19(22)18(20)12-14-8-6-5-7-9-14/h5-11,13,18H,3-4,12,20H2,1-2H3,(H,21,22)/t18-/m0/s1. The summed E-state index contributed by atoms with van der Waals surface area (Å²) in [6.45, 7) is 4.27. The van der Waals surface area contributed by atoms with Gasteiger partial charge in [-0.1, -0.05) is 50.2 Å². The summed E-state index contributed by atoms with van der Waals surface area (Å²) in [4.78, 5) is 12.2. The van der Waals surface area contributed by atoms with Crippen molar-refractivity contribution in [1.82, 2.24) is 0 Å². The van der Waals surface area contributed by atoms with Crippen molar-refractivity contribution in [1.29, 1.82) is 0 Å². The average Bonchev–Trinajstić information content (AvgIpc) is 2.55. The van der Waals surface area contributed by atoms with Crippen LogP contribution in [0.4, 0.5) is 5.69 Å². The van der Waals surface area contributed by atoms with Crippen LogP contribution >= 0.6 is 0 Å². The van der Waals surface area contributed by atoms with Crippen LogP contribution in [0.15, 0.2) is 48.5 Å². The van der Waals surface area contributed by atoms with Gasteiger partial charge in [0.15, 0.2) is 0 Å². The number of carbonyl (C=O) groups is 1. The summed E-state index contributed by atoms with van der Waals surface area (Å²) >= 11 is 0. The van der Waals surface area contributed by atoms with E-state index in [4.69, 9.17) is 5.73 Å². The zero-order chi connectivity index (χ0) is 15.9. The molecule has 22 heavy (non-hydrogen) atoms. The monoisotopic (exact) mass is 296 g/mol. The summed E-state index contributed by atoms with van der Waals surface area (Å²) < 4.78 is 0. The van der Waals surface area contributed by atoms with E-state index < -0.39 is 6.04 Å². The molecule has 3 heteroatoms. The summed E-state index contributed by atoms with van der Waals surface area (Å²) in [5.41, 5.74) is 10.5. The molecule has 0 aliphatic heterocycles. The molecule has 0 aliphatic carbocycles. The van der Waals surface area contributed by atoms with Crippen LogP contribution in [0, 0.1) is 0 Å². The number of hydrogen-bond acceptors (Lipinski definition) is 2. The van der Waals surface area contributed by atoms with E-state index in [1.165, 1.54) is 11.1 Å². The van der Waals surface area contributed by atoms with E-state index in [9.17, 15) is 4.79 Å². The number of nitrogens with two attached hydrogens (primary N) is 1. The highest BCUT2D eigenvalue weighted by Gasteiger charge is 2.14. The van der Waals surface area contributed by atoms with Crippen molar-refractivity contribution in [3.8, 4) is 0 Å². The summed E-state index contributed by atoms with van der Waals surface area (Å²) in [7, 11) is 0. The molecule has 0 aliphatic rings. The molecular formula is C19H24N2O. The molecular weight excluding hydrogens is 272 g/mol. The van der Waals surface area contributed by atoms with Gasteiger partial charge in [-0.2, -0.15) is 0 Å². The molecule has 2 aromatic carbocycles. The third kappa shape index (κ3) is 4.18. The van der Waals surface area contributed by atoms with E-state index in [2.05, 4.69) is 25.2 Å². The SMILES string of the molecule is CCc1ccc(NC(=O)[C@@H](N)Cc2ccccc2)cc1CC. The first-order valence-electron chi connectivity index (χ1n) is 7.86. The van der Waals surface area contributed by atoms with Gasteiger partial charge in [0.1, 0.15) is 0 Å². The second-order valence-corrected chi connectivity index (χ2v) is 5.48. The number of nitrogens with one attached hydrogen (secondary N) is 1. The van der Waals surface area contributed by atoms with Crippen molar-refractivity contribution >= 4 is 11.6 Å². The van der Waals surface area contributed by atoms with Gasteiger partial charge in [-0.05, 0) is 48.1 Å². The third-order valence-electron chi connectivity index (χ3n) is 3.87. The van der Waals surface area contributed by atoms with Gasteiger partial charge in [0, 0.05) is 5.69 Å². The van der Waals surface area contributed by atoms with Gasteiger partial charge < -0.3 is 11.1 Å². The topological polar surface area (TPSA) is 55.1 Å². The summed E-state index contributed by atoms with van der Waals surface area (Å²) in [5, 5.41) is 2.92. The molecule has 0 aromatic heterocycles. The van der Waals surface area contributed by atoms with E-state index in [-0.39, 0.29) is 5.91 Å². The normalized spacial score (nSPS) is 12.0. The van der Waals surface area contributed by atoms with Gasteiger partial charge in [0.2, 0.25) is 5.91 Å². The minimum Gasteiger partial charge on any atom is -0.325 e. The smallest absolute Gasteiger partial charge is 0.241 e. The predicted molar refractivity (Wildman–Crippen MR) is 91.9 cm³/mol. The Morgan fingerprint density at radius 1 is 1.05 bits per heavy atom. The number of anilines is 1. The number of hydrogen-bond donors (Lipinski definition) is 2. The van der Waals surface area contributed by atoms with Crippen LogP contribution in [0.2, 0.25) is 0 Å². The highest BCUT2D eigenvalue weighted by Crippen LogP contribution is 2.17. The van der Waals surface area contributed by atoms with Crippen molar-refractivity contribution in [3.05, 3.63) is 65.2 Å². The fraction of sp³-hybridized carbons (Fsp3) is 0.316. The van der Waals surface area contributed by atoms with Crippen molar-refractivity contribution in [2.24, 2.45) is 5.73 Å². The van der Waals surface area contributed by atoms with E-state index in [0.29, 0.717) is 6.42 Å². The maximum atomic E-state index is 12.2. The van der Waals surface area contributed by atoms with Gasteiger partial charge in [-0.25, -0.2) is 0 Å². The van der Waals surface area contributed by atoms with E-state index >= 15 is 0 Å². The van der Waals surface area contributed by atoms with Gasteiger partial charge in [-0.15, -0.1) is 0 Å². The first-order valence-corrected chi connectivity index (χ1v) is 7.86. The lowest BCUT2D eigenvalue weighted by atomic mass is 10.0. The van der Waals surface area contributed by atoms with Crippen LogP contribution in [0.3, 0.4) is 0 Å². The molecule has 0 radical (unpaired) electrons. The number of aryl methyl sites for hydroxylation is 2. The molecule has 1 amide bonds. The number of amides is 1. The minimum atomic E-state index is -0.543. The maximum absolute atomic E-state index is 12.2. The van der Waals surface area contributed by atoms with E-state index in [1.54, 1.807) is 0 Å². The molecule has 0 fully saturated rings. The van der Waals surface area contributed by atoms with Gasteiger partial charge in [-0.3, -0.25) is 4.79 Å². The van der Waals surface area contributed by atoms with Crippen molar-refractivity contribution in [2.75, 3.05) is 5.32 Å². The first kappa shape index (κ1) is 16.2. The fourth-order valence-corrected chi connectivity index (χ4v) is 2.57. The van der Waals surface area contributed by atoms with Crippen LogP contribution in [-0.4, -0.2) is 11.9 Å². The number of benzene rings is 2. The lowest BCUT2D eigenvalue weighted by Crippen LogP contribution is -2.37. The Kier molecular flexibility index (Phi) is 5.73. The number of carbonyl (C=O) groups excluding carboxylic acids is 1. The predicted octanol–water partition coefficient (Wildman–Crippen LogP) is 3.32. The maximum Gasteiger partial charge on any atom is 0.241 e. The van der Waals surface area contributed by atoms with Crippen molar-refractivity contribution in [2.45, 2.75) is 39.2 Å². The molecule has 3 nitrogen and oxygen atoms in total. The lowest BCUT2D eigenvalue weighted by Gasteiger charge is -2.14. The molecule has 0 saturated carbocycles. The second kappa shape index (κ2) is 7.76. The highest BCUT2D eigenvalue weighted by atomic mass is 16.2. The Morgan fingerprint density at radius 3 is 2.36 bits per heavy atom. The molecule has 0 spiro atoms. The molecule has 0 heterocycles. The first-order chi connectivity index (χ1) is 10.6. The molecule has 0 bridgehead atoms. The minimum absolute atomic E-state index is 0.143. The Bertz CT molecular complexity index is 623. The third-order valence-corrected chi connectivity index (χ3v) is 3.87. The Hall–Kier alpha value is -2.13. The van der Waals surface area contributed by atoms with E-state index in [0.717, 1.165) is 24.1 Å². The second-order valence-electron chi connectivity index (χ2n) is 5.48. The molecule has 0 saturated heterocycles. The summed E-state index contributed by atoms with van der Waals surface area (Å²) in [6, 6.07) is 15.4. The van der Waals surface area contributed by atoms with Gasteiger partial charge in [0.05, 0.1) is 6.04 Å². The molecule has 2 rings (SSSR count). The van der Waals surface area contributed by atoms with Crippen LogP contribution in [-0.2, 0) is 24.1 Å². The Balaban J connectivity index is 2.02. The number of rotatable bonds is 6. The Labute approximate surface area is 132 Å². The summed E-state index contributed by atoms with van der Waals surface area (Å²) in [5.74, 6) is -0.143. The lowest BCUT2D eigenvalue weighted by molar-refractivity contribution is -0.117. The molecule has 1 atom stereocenters. The van der Waals surface area contributed by atoms with Crippen molar-refractivity contribution < 1.29 is 4.79 Å². The molecule has 3 N–H and O–H groups in total. The van der Waals surface area contributed by atoms with Crippen LogP contribution < -0.4 is 11.1 Å². The quantitative estimate of drug-likeness (QED) is 0.859. The Morgan fingerprint density at radius 2 is 1.73 bits per heavy atom. The zero-order valence-corrected chi connectivity index (χ0v) is 13.3. The van der Waals surface area contributed by atoms with Gasteiger partial charge >= 0.3 is 0 Å². The van der Waals surface area contributed by atoms with Crippen LogP contribution in [0.1, 0.15) is 30.5 Å². The van der Waals surface area contributed by atoms with Crippen LogP contribution in [0.5, 0.6) is 0 Å². The molecule has 116 valence electrons. The van der Waals surface area contributed by atoms with Crippen molar-refractivity contribution in [3.63, 3.8) is 0 Å². The molecule has 0 unspecified atom stereocenters. The van der Waals surface area contributed by atoms with E-state index in [1.807, 2.05) is 42.5 Å². The average molecular weight is 296 g/mol. The van der Waals surface area contributed by atoms with Gasteiger partial charge in [0.25, 0.3) is 0 Å². The largest absolute Gasteiger partial charge is 0.325 e. The molecule has 2 aromatic rings. The fourth-order valence-electron chi connectivity index (χ4n) is 2.57. The summed E-state index contributed by atoms with van der Waals surface area (Å²) in [6.07, 6.45) is 2.51. The van der Waals surface area contributed by atoms with Crippen LogP contribution in [0.25, 0.3) is 0 Å². The highest BCUT2D eigenvalue weighted by molar-refractivity contribution is 5.95. The zero-order valence-electron chi connectivity index (χ0n) is 13.3.